The molecule has 16 heavy (non-hydrogen) atoms. The SMILES string of the molecule is CCc1ccc(N2CCN(C)CC2)cc1N. The van der Waals surface area contributed by atoms with Gasteiger partial charge >= 0.3 is 0 Å². The number of nitrogens with two attached hydrogens (primary N) is 1. The van der Waals surface area contributed by atoms with Gasteiger partial charge in [0.2, 0.25) is 0 Å². The van der Waals surface area contributed by atoms with Crippen LogP contribution in [0.15, 0.2) is 18.2 Å². The van der Waals surface area contributed by atoms with E-state index in [1.165, 1.54) is 11.3 Å². The molecule has 0 aliphatic carbocycles. The Morgan fingerprint density at radius 2 is 1.88 bits per heavy atom. The zero-order valence-corrected chi connectivity index (χ0v) is 10.2. The van der Waals surface area contributed by atoms with Crippen molar-refractivity contribution in [3.63, 3.8) is 0 Å². The van der Waals surface area contributed by atoms with E-state index in [1.54, 1.807) is 0 Å². The number of hydrogen-bond acceptors (Lipinski definition) is 3. The smallest absolute Gasteiger partial charge is 0.0387 e. The molecular weight excluding hydrogens is 198 g/mol. The number of nitrogens with zero attached hydrogens (tertiary/aromatic N) is 2. The van der Waals surface area contributed by atoms with E-state index in [0.29, 0.717) is 0 Å². The Morgan fingerprint density at radius 3 is 2.44 bits per heavy atom. The number of rotatable bonds is 2. The minimum Gasteiger partial charge on any atom is -0.398 e. The van der Waals surface area contributed by atoms with Crippen LogP contribution in [0, 0.1) is 0 Å². The van der Waals surface area contributed by atoms with Crippen LogP contribution < -0.4 is 10.6 Å². The van der Waals surface area contributed by atoms with Crippen molar-refractivity contribution in [2.24, 2.45) is 0 Å². The first-order valence-corrected chi connectivity index (χ1v) is 6.02. The van der Waals surface area contributed by atoms with Crippen LogP contribution in [0.5, 0.6) is 0 Å². The fourth-order valence-electron chi connectivity index (χ4n) is 2.17. The summed E-state index contributed by atoms with van der Waals surface area (Å²) in [5, 5.41) is 0. The average Bonchev–Trinajstić information content (AvgIpc) is 2.30. The number of hydrogen-bond donors (Lipinski definition) is 1. The van der Waals surface area contributed by atoms with Gasteiger partial charge in [-0.15, -0.1) is 0 Å². The van der Waals surface area contributed by atoms with Crippen LogP contribution in [-0.2, 0) is 6.42 Å². The maximum atomic E-state index is 6.03. The highest BCUT2D eigenvalue weighted by Gasteiger charge is 2.14. The lowest BCUT2D eigenvalue weighted by atomic mass is 10.1. The predicted molar refractivity (Wildman–Crippen MR) is 69.9 cm³/mol. The van der Waals surface area contributed by atoms with E-state index >= 15 is 0 Å². The standard InChI is InChI=1S/C13H21N3/c1-3-11-4-5-12(10-13(11)14)16-8-6-15(2)7-9-16/h4-5,10H,3,6-9,14H2,1-2H3. The lowest BCUT2D eigenvalue weighted by Crippen LogP contribution is -2.44. The first kappa shape index (κ1) is 11.3. The van der Waals surface area contributed by atoms with Gasteiger partial charge in [0.05, 0.1) is 0 Å². The molecule has 0 atom stereocenters. The predicted octanol–water partition coefficient (Wildman–Crippen LogP) is 1.58. The fraction of sp³-hybridized carbons (Fsp3) is 0.538. The molecule has 1 aromatic rings. The van der Waals surface area contributed by atoms with Crippen molar-refractivity contribution in [3.8, 4) is 0 Å². The Hall–Kier alpha value is -1.22. The molecule has 0 radical (unpaired) electrons. The summed E-state index contributed by atoms with van der Waals surface area (Å²) < 4.78 is 0. The van der Waals surface area contributed by atoms with Crippen molar-refractivity contribution in [3.05, 3.63) is 23.8 Å². The maximum Gasteiger partial charge on any atom is 0.0387 e. The monoisotopic (exact) mass is 219 g/mol. The number of piperazine rings is 1. The summed E-state index contributed by atoms with van der Waals surface area (Å²) in [5.41, 5.74) is 9.47. The van der Waals surface area contributed by atoms with Crippen LogP contribution in [0.1, 0.15) is 12.5 Å². The first-order chi connectivity index (χ1) is 7.70. The Kier molecular flexibility index (Phi) is 3.34. The summed E-state index contributed by atoms with van der Waals surface area (Å²) in [6, 6.07) is 6.47. The number of nitrogen functional groups attached to an aromatic ring is 1. The van der Waals surface area contributed by atoms with Gasteiger partial charge in [-0.25, -0.2) is 0 Å². The van der Waals surface area contributed by atoms with E-state index in [-0.39, 0.29) is 0 Å². The molecular formula is C13H21N3. The molecule has 0 unspecified atom stereocenters. The molecule has 0 aromatic heterocycles. The van der Waals surface area contributed by atoms with Gasteiger partial charge in [-0.05, 0) is 31.2 Å². The maximum absolute atomic E-state index is 6.03. The lowest BCUT2D eigenvalue weighted by molar-refractivity contribution is 0.313. The third-order valence-corrected chi connectivity index (χ3v) is 3.38. The zero-order valence-electron chi connectivity index (χ0n) is 10.2. The minimum absolute atomic E-state index is 0.930. The van der Waals surface area contributed by atoms with E-state index in [0.717, 1.165) is 38.3 Å². The number of aryl methyl sites for hydroxylation is 1. The molecule has 0 amide bonds. The molecule has 3 heteroatoms. The molecule has 1 aliphatic rings. The fourth-order valence-corrected chi connectivity index (χ4v) is 2.17. The van der Waals surface area contributed by atoms with Gasteiger partial charge in [0.15, 0.2) is 0 Å². The summed E-state index contributed by atoms with van der Waals surface area (Å²) in [7, 11) is 2.17. The molecule has 88 valence electrons. The van der Waals surface area contributed by atoms with Gasteiger partial charge in [0, 0.05) is 37.6 Å². The third kappa shape index (κ3) is 2.30. The summed E-state index contributed by atoms with van der Waals surface area (Å²) in [5.74, 6) is 0. The van der Waals surface area contributed by atoms with Crippen LogP contribution >= 0.6 is 0 Å². The Bertz CT molecular complexity index is 354. The summed E-state index contributed by atoms with van der Waals surface area (Å²) >= 11 is 0. The average molecular weight is 219 g/mol. The van der Waals surface area contributed by atoms with E-state index in [9.17, 15) is 0 Å². The molecule has 1 heterocycles. The largest absolute Gasteiger partial charge is 0.398 e. The Balaban J connectivity index is 2.12. The van der Waals surface area contributed by atoms with Crippen molar-refractivity contribution in [1.82, 2.24) is 4.90 Å². The number of likely N-dealkylation sites (N-methyl/N-ethyl adjacent to an activating group) is 1. The van der Waals surface area contributed by atoms with Crippen molar-refractivity contribution in [2.75, 3.05) is 43.9 Å². The minimum atomic E-state index is 0.930. The summed E-state index contributed by atoms with van der Waals surface area (Å²) in [4.78, 5) is 4.77. The van der Waals surface area contributed by atoms with Crippen molar-refractivity contribution < 1.29 is 0 Å². The first-order valence-electron chi connectivity index (χ1n) is 6.02. The van der Waals surface area contributed by atoms with Crippen LogP contribution in [-0.4, -0.2) is 38.1 Å². The molecule has 1 aromatic carbocycles. The topological polar surface area (TPSA) is 32.5 Å². The van der Waals surface area contributed by atoms with Crippen LogP contribution in [0.4, 0.5) is 11.4 Å². The highest BCUT2D eigenvalue weighted by molar-refractivity contribution is 5.60. The molecule has 1 aliphatic heterocycles. The van der Waals surface area contributed by atoms with Gasteiger partial charge in [-0.3, -0.25) is 0 Å². The molecule has 3 nitrogen and oxygen atoms in total. The summed E-state index contributed by atoms with van der Waals surface area (Å²) in [6.45, 7) is 6.61. The number of benzene rings is 1. The van der Waals surface area contributed by atoms with Gasteiger partial charge in [0.1, 0.15) is 0 Å². The molecule has 0 bridgehead atoms. The van der Waals surface area contributed by atoms with Crippen LogP contribution in [0.25, 0.3) is 0 Å². The number of anilines is 2. The normalized spacial score (nSPS) is 17.8. The highest BCUT2D eigenvalue weighted by Crippen LogP contribution is 2.22. The van der Waals surface area contributed by atoms with Crippen LogP contribution in [0.3, 0.4) is 0 Å². The Labute approximate surface area is 97.8 Å². The quantitative estimate of drug-likeness (QED) is 0.767. The molecule has 1 fully saturated rings. The van der Waals surface area contributed by atoms with Gasteiger partial charge in [0.25, 0.3) is 0 Å². The van der Waals surface area contributed by atoms with Crippen LogP contribution in [0.2, 0.25) is 0 Å². The molecule has 0 spiro atoms. The van der Waals surface area contributed by atoms with E-state index < -0.39 is 0 Å². The summed E-state index contributed by atoms with van der Waals surface area (Å²) in [6.07, 6.45) is 1.01. The second-order valence-corrected chi connectivity index (χ2v) is 4.53. The molecule has 2 rings (SSSR count). The van der Waals surface area contributed by atoms with Gasteiger partial charge in [-0.2, -0.15) is 0 Å². The second-order valence-electron chi connectivity index (χ2n) is 4.53. The van der Waals surface area contributed by atoms with Gasteiger partial charge < -0.3 is 15.5 Å². The van der Waals surface area contributed by atoms with Crippen molar-refractivity contribution >= 4 is 11.4 Å². The molecule has 0 saturated carbocycles. The second kappa shape index (κ2) is 4.74. The van der Waals surface area contributed by atoms with Crippen molar-refractivity contribution in [1.29, 1.82) is 0 Å². The molecule has 2 N–H and O–H groups in total. The van der Waals surface area contributed by atoms with Gasteiger partial charge in [-0.1, -0.05) is 13.0 Å². The van der Waals surface area contributed by atoms with Crippen molar-refractivity contribution in [2.45, 2.75) is 13.3 Å². The van der Waals surface area contributed by atoms with E-state index in [1.807, 2.05) is 0 Å². The third-order valence-electron chi connectivity index (χ3n) is 3.38. The zero-order chi connectivity index (χ0) is 11.5. The lowest BCUT2D eigenvalue weighted by Gasteiger charge is -2.34. The molecule has 1 saturated heterocycles. The Morgan fingerprint density at radius 1 is 1.19 bits per heavy atom. The highest BCUT2D eigenvalue weighted by atomic mass is 15.2. The van der Waals surface area contributed by atoms with E-state index in [4.69, 9.17) is 5.73 Å². The van der Waals surface area contributed by atoms with E-state index in [2.05, 4.69) is 42.0 Å².